The Morgan fingerprint density at radius 3 is 2.03 bits per heavy atom. The second-order valence-electron chi connectivity index (χ2n) is 9.68. The van der Waals surface area contributed by atoms with E-state index in [1.807, 2.05) is 37.2 Å². The first-order valence-electron chi connectivity index (χ1n) is 10.9. The van der Waals surface area contributed by atoms with Crippen molar-refractivity contribution in [1.82, 2.24) is 10.1 Å². The van der Waals surface area contributed by atoms with Gasteiger partial charge in [-0.15, -0.1) is 0 Å². The maximum absolute atomic E-state index is 13.2. The van der Waals surface area contributed by atoms with Gasteiger partial charge in [-0.05, 0) is 64.1 Å². The SMILES string of the molecule is CN(C)c1cccc2c(S(=O)(=O)N=C3C=CC(=C4N([O])C(C)(C)C(C)(C)N4O)C=C3)cccc12. The quantitative estimate of drug-likeness (QED) is 0.703. The van der Waals surface area contributed by atoms with Crippen LogP contribution in [0.4, 0.5) is 5.69 Å². The van der Waals surface area contributed by atoms with E-state index in [2.05, 4.69) is 4.40 Å². The number of rotatable bonds is 3. The Morgan fingerprint density at radius 1 is 0.882 bits per heavy atom. The molecule has 9 heteroatoms. The highest BCUT2D eigenvalue weighted by atomic mass is 32.2. The Hall–Kier alpha value is -3.14. The molecule has 1 radical (unpaired) electrons. The molecule has 2 aromatic rings. The van der Waals surface area contributed by atoms with Crippen molar-refractivity contribution in [2.24, 2.45) is 4.40 Å². The maximum Gasteiger partial charge on any atom is 0.283 e. The number of hydrogen-bond donors (Lipinski definition) is 1. The minimum absolute atomic E-state index is 0.106. The molecule has 0 saturated carbocycles. The monoisotopic (exact) mass is 481 g/mol. The third-order valence-corrected chi connectivity index (χ3v) is 8.26. The maximum atomic E-state index is 13.2. The van der Waals surface area contributed by atoms with Gasteiger partial charge in [0.1, 0.15) is 0 Å². The number of hydroxylamine groups is 4. The Labute approximate surface area is 200 Å². The number of anilines is 1. The zero-order valence-corrected chi connectivity index (χ0v) is 21.0. The van der Waals surface area contributed by atoms with Crippen molar-refractivity contribution in [2.45, 2.75) is 43.7 Å². The molecule has 4 rings (SSSR count). The molecule has 1 N–H and O–H groups in total. The van der Waals surface area contributed by atoms with Crippen molar-refractivity contribution in [1.29, 1.82) is 0 Å². The highest BCUT2D eigenvalue weighted by molar-refractivity contribution is 7.90. The summed E-state index contributed by atoms with van der Waals surface area (Å²) in [5.41, 5.74) is -0.0922. The number of fused-ring (bicyclic) bond motifs is 1. The molecule has 179 valence electrons. The van der Waals surface area contributed by atoms with Gasteiger partial charge in [0.2, 0.25) is 0 Å². The smallest absolute Gasteiger partial charge is 0.283 e. The molecule has 0 aromatic heterocycles. The summed E-state index contributed by atoms with van der Waals surface area (Å²) in [4.78, 5) is 2.06. The molecular formula is C25H29N4O4S. The van der Waals surface area contributed by atoms with Gasteiger partial charge in [-0.1, -0.05) is 29.5 Å². The summed E-state index contributed by atoms with van der Waals surface area (Å²) < 4.78 is 30.5. The van der Waals surface area contributed by atoms with Crippen LogP contribution in [0, 0.1) is 0 Å². The predicted molar refractivity (Wildman–Crippen MR) is 133 cm³/mol. The number of hydrogen-bond acceptors (Lipinski definition) is 6. The fourth-order valence-corrected chi connectivity index (χ4v) is 5.31. The lowest BCUT2D eigenvalue weighted by atomic mass is 9.84. The van der Waals surface area contributed by atoms with Crippen molar-refractivity contribution >= 4 is 32.2 Å². The molecule has 2 aliphatic rings. The van der Waals surface area contributed by atoms with Crippen molar-refractivity contribution in [3.8, 4) is 0 Å². The Bertz CT molecular complexity index is 1340. The van der Waals surface area contributed by atoms with E-state index in [1.165, 1.54) is 12.2 Å². The predicted octanol–water partition coefficient (Wildman–Crippen LogP) is 4.28. The third kappa shape index (κ3) is 3.60. The lowest BCUT2D eigenvalue weighted by Crippen LogP contribution is -2.52. The van der Waals surface area contributed by atoms with E-state index in [0.717, 1.165) is 21.2 Å². The first-order valence-corrected chi connectivity index (χ1v) is 12.3. The molecule has 2 aromatic carbocycles. The zero-order valence-electron chi connectivity index (χ0n) is 20.1. The third-order valence-electron chi connectivity index (χ3n) is 6.90. The first-order chi connectivity index (χ1) is 15.8. The molecule has 0 spiro atoms. The van der Waals surface area contributed by atoms with Gasteiger partial charge in [0.25, 0.3) is 10.0 Å². The van der Waals surface area contributed by atoms with E-state index in [0.29, 0.717) is 11.0 Å². The average molecular weight is 482 g/mol. The van der Waals surface area contributed by atoms with Gasteiger partial charge in [-0.3, -0.25) is 5.21 Å². The second kappa shape index (κ2) is 7.97. The summed E-state index contributed by atoms with van der Waals surface area (Å²) >= 11 is 0. The molecule has 1 aliphatic heterocycles. The van der Waals surface area contributed by atoms with E-state index in [9.17, 15) is 18.8 Å². The van der Waals surface area contributed by atoms with Gasteiger partial charge in [-0.25, -0.2) is 5.06 Å². The highest BCUT2D eigenvalue weighted by Gasteiger charge is 2.56. The standard InChI is InChI=1S/C25H29N4O4S/c1-24(2)25(3,4)29(31)23(28(24)30)17-13-15-18(16-14-17)26-34(32,33)22-12-8-9-19-20(22)10-7-11-21(19)27(5)6/h7-16,30H,1-6H3. The fourth-order valence-electron chi connectivity index (χ4n) is 4.10. The fraction of sp³-hybridized carbons (Fsp3) is 0.320. The van der Waals surface area contributed by atoms with Crippen LogP contribution in [0.2, 0.25) is 0 Å². The summed E-state index contributed by atoms with van der Waals surface area (Å²) in [6, 6.07) is 10.7. The van der Waals surface area contributed by atoms with Crippen LogP contribution < -0.4 is 4.90 Å². The van der Waals surface area contributed by atoms with E-state index in [4.69, 9.17) is 0 Å². The van der Waals surface area contributed by atoms with Gasteiger partial charge < -0.3 is 4.90 Å². The largest absolute Gasteiger partial charge is 0.377 e. The van der Waals surface area contributed by atoms with Crippen LogP contribution in [0.15, 0.2) is 81.4 Å². The van der Waals surface area contributed by atoms with Gasteiger partial charge in [-0.2, -0.15) is 17.9 Å². The normalized spacial score (nSPS) is 19.4. The van der Waals surface area contributed by atoms with Crippen molar-refractivity contribution in [3.63, 3.8) is 0 Å². The van der Waals surface area contributed by atoms with Crippen molar-refractivity contribution in [3.05, 3.63) is 72.1 Å². The molecule has 0 amide bonds. The van der Waals surface area contributed by atoms with Crippen LogP contribution in [-0.4, -0.2) is 54.6 Å². The van der Waals surface area contributed by atoms with Crippen molar-refractivity contribution < 1.29 is 18.8 Å². The Balaban J connectivity index is 1.72. The van der Waals surface area contributed by atoms with Crippen LogP contribution >= 0.6 is 0 Å². The Kier molecular flexibility index (Phi) is 5.63. The number of sulfonamides is 1. The molecule has 1 heterocycles. The Morgan fingerprint density at radius 2 is 1.47 bits per heavy atom. The molecule has 34 heavy (non-hydrogen) atoms. The number of allylic oxidation sites excluding steroid dienone is 5. The van der Waals surface area contributed by atoms with E-state index in [-0.39, 0.29) is 16.4 Å². The van der Waals surface area contributed by atoms with Crippen LogP contribution in [0.25, 0.3) is 10.8 Å². The summed E-state index contributed by atoms with van der Waals surface area (Å²) in [5, 5.41) is 26.8. The molecule has 0 bridgehead atoms. The minimum atomic E-state index is -4.01. The van der Waals surface area contributed by atoms with Crippen LogP contribution in [0.1, 0.15) is 27.7 Å². The molecule has 8 nitrogen and oxygen atoms in total. The molecule has 1 fully saturated rings. The minimum Gasteiger partial charge on any atom is -0.377 e. The van der Waals surface area contributed by atoms with E-state index >= 15 is 0 Å². The second-order valence-corrected chi connectivity index (χ2v) is 11.3. The molecule has 0 atom stereocenters. The van der Waals surface area contributed by atoms with Gasteiger partial charge in [0, 0.05) is 36.1 Å². The summed E-state index contributed by atoms with van der Waals surface area (Å²) in [5.74, 6) is 0.106. The zero-order chi connectivity index (χ0) is 25.1. The molecule has 1 aliphatic carbocycles. The molecule has 0 unspecified atom stereocenters. The van der Waals surface area contributed by atoms with Crippen LogP contribution in [-0.2, 0) is 15.2 Å². The van der Waals surface area contributed by atoms with Crippen LogP contribution in [0.3, 0.4) is 0 Å². The summed E-state index contributed by atoms with van der Waals surface area (Å²) in [6.45, 7) is 7.09. The lowest BCUT2D eigenvalue weighted by Gasteiger charge is -2.36. The first kappa shape index (κ1) is 24.0. The van der Waals surface area contributed by atoms with E-state index in [1.54, 1.807) is 58.0 Å². The summed E-state index contributed by atoms with van der Waals surface area (Å²) in [6.07, 6.45) is 6.22. The van der Waals surface area contributed by atoms with Crippen molar-refractivity contribution in [2.75, 3.05) is 19.0 Å². The molecular weight excluding hydrogens is 452 g/mol. The number of benzene rings is 2. The van der Waals surface area contributed by atoms with Gasteiger partial charge in [0.15, 0.2) is 5.82 Å². The topological polar surface area (TPSA) is 96.3 Å². The lowest BCUT2D eigenvalue weighted by molar-refractivity contribution is -0.181. The van der Waals surface area contributed by atoms with Gasteiger partial charge in [0.05, 0.1) is 21.7 Å². The summed E-state index contributed by atoms with van der Waals surface area (Å²) in [7, 11) is -0.194. The van der Waals surface area contributed by atoms with Gasteiger partial charge >= 0.3 is 0 Å². The number of nitrogens with zero attached hydrogens (tertiary/aromatic N) is 4. The van der Waals surface area contributed by atoms with Crippen LogP contribution in [0.5, 0.6) is 0 Å². The highest BCUT2D eigenvalue weighted by Crippen LogP contribution is 2.44. The molecule has 1 saturated heterocycles. The average Bonchev–Trinajstić information content (AvgIpc) is 2.89. The van der Waals surface area contributed by atoms with E-state index < -0.39 is 21.1 Å².